The van der Waals surface area contributed by atoms with Crippen LogP contribution in [0.2, 0.25) is 0 Å². The summed E-state index contributed by atoms with van der Waals surface area (Å²) in [6, 6.07) is 1.08. The van der Waals surface area contributed by atoms with Crippen LogP contribution in [0.5, 0.6) is 0 Å². The Bertz CT molecular complexity index is 183. The molecule has 1 unspecified atom stereocenters. The van der Waals surface area contributed by atoms with Crippen molar-refractivity contribution < 1.29 is 4.21 Å². The van der Waals surface area contributed by atoms with Crippen molar-refractivity contribution in [3.63, 3.8) is 0 Å². The third-order valence-corrected chi connectivity index (χ3v) is 3.81. The first kappa shape index (κ1) is 10.9. The first-order valence-corrected chi connectivity index (χ1v) is 6.43. The van der Waals surface area contributed by atoms with Crippen LogP contribution in [0.15, 0.2) is 12.7 Å². The summed E-state index contributed by atoms with van der Waals surface area (Å²) in [5.41, 5.74) is 0. The molecule has 0 aromatic rings. The Morgan fingerprint density at radius 2 is 2.23 bits per heavy atom. The van der Waals surface area contributed by atoms with Crippen LogP contribution in [0.3, 0.4) is 0 Å². The highest BCUT2D eigenvalue weighted by Crippen LogP contribution is 2.10. The standard InChI is InChI=1S/C10H19NOS/c1-3-4-9(2)11-10-5-7-13(12)8-6-10/h3,9-11H,1,4-8H2,2H3. The molecule has 1 saturated heterocycles. The maximum Gasteiger partial charge on any atom is 0.0249 e. The second-order valence-electron chi connectivity index (χ2n) is 3.71. The van der Waals surface area contributed by atoms with Gasteiger partial charge in [-0.15, -0.1) is 6.58 Å². The Morgan fingerprint density at radius 3 is 2.77 bits per heavy atom. The minimum Gasteiger partial charge on any atom is -0.311 e. The molecule has 13 heavy (non-hydrogen) atoms. The lowest BCUT2D eigenvalue weighted by Crippen LogP contribution is -2.40. The fourth-order valence-electron chi connectivity index (χ4n) is 1.68. The number of hydrogen-bond donors (Lipinski definition) is 1. The van der Waals surface area contributed by atoms with Gasteiger partial charge < -0.3 is 5.32 Å². The number of nitrogens with one attached hydrogen (secondary N) is 1. The van der Waals surface area contributed by atoms with Crippen LogP contribution in [0, 0.1) is 0 Å². The van der Waals surface area contributed by atoms with Gasteiger partial charge in [0.2, 0.25) is 0 Å². The van der Waals surface area contributed by atoms with E-state index < -0.39 is 10.8 Å². The van der Waals surface area contributed by atoms with Crippen LogP contribution in [0.25, 0.3) is 0 Å². The van der Waals surface area contributed by atoms with E-state index in [1.54, 1.807) is 0 Å². The van der Waals surface area contributed by atoms with Crippen molar-refractivity contribution in [2.45, 2.75) is 38.3 Å². The minimum atomic E-state index is -0.540. The van der Waals surface area contributed by atoms with Gasteiger partial charge in [0, 0.05) is 34.4 Å². The van der Waals surface area contributed by atoms with E-state index in [0.717, 1.165) is 30.8 Å². The van der Waals surface area contributed by atoms with Gasteiger partial charge in [-0.3, -0.25) is 4.21 Å². The van der Waals surface area contributed by atoms with Gasteiger partial charge in [-0.1, -0.05) is 6.08 Å². The molecule has 0 saturated carbocycles. The second-order valence-corrected chi connectivity index (χ2v) is 5.41. The molecule has 0 aromatic carbocycles. The molecule has 1 atom stereocenters. The topological polar surface area (TPSA) is 29.1 Å². The van der Waals surface area contributed by atoms with Crippen LogP contribution in [0.1, 0.15) is 26.2 Å². The molecule has 0 aromatic heterocycles. The molecule has 1 N–H and O–H groups in total. The van der Waals surface area contributed by atoms with Crippen LogP contribution < -0.4 is 5.32 Å². The van der Waals surface area contributed by atoms with Crippen molar-refractivity contribution in [1.29, 1.82) is 0 Å². The summed E-state index contributed by atoms with van der Waals surface area (Å²) in [6.45, 7) is 5.89. The van der Waals surface area contributed by atoms with Gasteiger partial charge in [0.1, 0.15) is 0 Å². The average molecular weight is 201 g/mol. The zero-order valence-corrected chi connectivity index (χ0v) is 9.11. The summed E-state index contributed by atoms with van der Waals surface area (Å²) in [5.74, 6) is 1.75. The molecule has 76 valence electrons. The van der Waals surface area contributed by atoms with Gasteiger partial charge in [-0.05, 0) is 26.2 Å². The lowest BCUT2D eigenvalue weighted by atomic mass is 10.1. The molecule has 0 amide bonds. The lowest BCUT2D eigenvalue weighted by Gasteiger charge is -2.25. The first-order chi connectivity index (χ1) is 6.22. The predicted molar refractivity (Wildman–Crippen MR) is 58.3 cm³/mol. The van der Waals surface area contributed by atoms with Gasteiger partial charge in [-0.2, -0.15) is 0 Å². The summed E-state index contributed by atoms with van der Waals surface area (Å²) in [4.78, 5) is 0. The van der Waals surface area contributed by atoms with E-state index in [4.69, 9.17) is 0 Å². The Labute approximate surface area is 83.3 Å². The largest absolute Gasteiger partial charge is 0.311 e. The zero-order valence-electron chi connectivity index (χ0n) is 8.29. The van der Waals surface area contributed by atoms with Crippen LogP contribution in [0.4, 0.5) is 0 Å². The molecule has 3 heteroatoms. The van der Waals surface area contributed by atoms with Gasteiger partial charge in [0.05, 0.1) is 0 Å². The average Bonchev–Trinajstić information content (AvgIpc) is 2.09. The molecule has 1 heterocycles. The SMILES string of the molecule is C=CCC(C)NC1CCS(=O)CC1. The second kappa shape index (κ2) is 5.55. The Hall–Kier alpha value is -0.150. The number of rotatable bonds is 4. The fourth-order valence-corrected chi connectivity index (χ4v) is 2.98. The van der Waals surface area contributed by atoms with E-state index in [2.05, 4.69) is 18.8 Å². The van der Waals surface area contributed by atoms with Crippen LogP contribution >= 0.6 is 0 Å². The van der Waals surface area contributed by atoms with Crippen LogP contribution in [-0.2, 0) is 10.8 Å². The summed E-state index contributed by atoms with van der Waals surface area (Å²) in [7, 11) is -0.540. The lowest BCUT2D eigenvalue weighted by molar-refractivity contribution is 0.421. The van der Waals surface area contributed by atoms with Gasteiger partial charge in [-0.25, -0.2) is 0 Å². The molecule has 0 aliphatic carbocycles. The Balaban J connectivity index is 2.21. The highest BCUT2D eigenvalue weighted by Gasteiger charge is 2.18. The van der Waals surface area contributed by atoms with E-state index in [-0.39, 0.29) is 0 Å². The molecule has 0 spiro atoms. The Kier molecular flexibility index (Phi) is 4.67. The predicted octanol–water partition coefficient (Wildman–Crippen LogP) is 1.45. The molecule has 1 rings (SSSR count). The molecule has 1 aliphatic rings. The fraction of sp³-hybridized carbons (Fsp3) is 0.800. The summed E-state index contributed by atoms with van der Waals surface area (Å²) < 4.78 is 11.1. The highest BCUT2D eigenvalue weighted by molar-refractivity contribution is 7.85. The quantitative estimate of drug-likeness (QED) is 0.698. The van der Waals surface area contributed by atoms with Gasteiger partial charge in [0.15, 0.2) is 0 Å². The Morgan fingerprint density at radius 1 is 1.62 bits per heavy atom. The van der Waals surface area contributed by atoms with Gasteiger partial charge in [0.25, 0.3) is 0 Å². The minimum absolute atomic E-state index is 0.508. The monoisotopic (exact) mass is 201 g/mol. The smallest absolute Gasteiger partial charge is 0.0249 e. The molecule has 0 radical (unpaired) electrons. The van der Waals surface area contributed by atoms with E-state index in [1.807, 2.05) is 6.08 Å². The van der Waals surface area contributed by atoms with Crippen molar-refractivity contribution in [1.82, 2.24) is 5.32 Å². The molecule has 1 fully saturated rings. The third kappa shape index (κ3) is 4.05. The van der Waals surface area contributed by atoms with Crippen molar-refractivity contribution in [3.05, 3.63) is 12.7 Å². The van der Waals surface area contributed by atoms with Crippen molar-refractivity contribution in [2.75, 3.05) is 11.5 Å². The van der Waals surface area contributed by atoms with Crippen molar-refractivity contribution in [3.8, 4) is 0 Å². The molecular weight excluding hydrogens is 182 g/mol. The van der Waals surface area contributed by atoms with Crippen molar-refractivity contribution >= 4 is 10.8 Å². The molecule has 0 bridgehead atoms. The maximum atomic E-state index is 11.1. The molecular formula is C10H19NOS. The van der Waals surface area contributed by atoms with Crippen LogP contribution in [-0.4, -0.2) is 27.8 Å². The van der Waals surface area contributed by atoms with E-state index in [1.165, 1.54) is 0 Å². The van der Waals surface area contributed by atoms with Gasteiger partial charge >= 0.3 is 0 Å². The zero-order chi connectivity index (χ0) is 9.68. The third-order valence-electron chi connectivity index (χ3n) is 2.43. The first-order valence-electron chi connectivity index (χ1n) is 4.94. The normalized spacial score (nSPS) is 31.2. The van der Waals surface area contributed by atoms with E-state index >= 15 is 0 Å². The van der Waals surface area contributed by atoms with Crippen molar-refractivity contribution in [2.24, 2.45) is 0 Å². The summed E-state index contributed by atoms with van der Waals surface area (Å²) in [5, 5.41) is 3.53. The summed E-state index contributed by atoms with van der Waals surface area (Å²) in [6.07, 6.45) is 5.08. The number of hydrogen-bond acceptors (Lipinski definition) is 2. The van der Waals surface area contributed by atoms with E-state index in [0.29, 0.717) is 12.1 Å². The molecule has 1 aliphatic heterocycles. The highest BCUT2D eigenvalue weighted by atomic mass is 32.2. The summed E-state index contributed by atoms with van der Waals surface area (Å²) >= 11 is 0. The molecule has 2 nitrogen and oxygen atoms in total. The van der Waals surface area contributed by atoms with E-state index in [9.17, 15) is 4.21 Å². The maximum absolute atomic E-state index is 11.1.